The number of hydrogen-bond acceptors (Lipinski definition) is 3. The topological polar surface area (TPSA) is 78.6 Å². The summed E-state index contributed by atoms with van der Waals surface area (Å²) in [4.78, 5) is 24.3. The summed E-state index contributed by atoms with van der Waals surface area (Å²) in [6.45, 7) is 1.95. The molecule has 0 saturated heterocycles. The summed E-state index contributed by atoms with van der Waals surface area (Å²) in [6, 6.07) is 7.32. The molecule has 0 radical (unpaired) electrons. The van der Waals surface area contributed by atoms with Gasteiger partial charge >= 0.3 is 5.69 Å². The molecule has 0 spiro atoms. The lowest BCUT2D eigenvalue weighted by atomic mass is 10.1. The third-order valence-corrected chi connectivity index (χ3v) is 2.04. The van der Waals surface area contributed by atoms with Crippen LogP contribution >= 0.6 is 0 Å². The molecule has 0 fully saturated rings. The highest BCUT2D eigenvalue weighted by atomic mass is 16.2. The molecule has 15 heavy (non-hydrogen) atoms. The molecule has 2 rings (SSSR count). The predicted octanol–water partition coefficient (Wildman–Crippen LogP) is 0.434. The Morgan fingerprint density at radius 2 is 1.80 bits per heavy atom. The van der Waals surface area contributed by atoms with Gasteiger partial charge in [0.05, 0.1) is 0 Å². The van der Waals surface area contributed by atoms with Crippen molar-refractivity contribution in [2.24, 2.45) is 0 Å². The number of hydrogen-bond donors (Lipinski definition) is 2. The lowest BCUT2D eigenvalue weighted by molar-refractivity contribution is 0.897. The van der Waals surface area contributed by atoms with Crippen LogP contribution in [0.2, 0.25) is 0 Å². The summed E-state index contributed by atoms with van der Waals surface area (Å²) in [5.41, 5.74) is 0.908. The average Bonchev–Trinajstić information content (AvgIpc) is 2.20. The molecule has 1 aromatic carbocycles. The van der Waals surface area contributed by atoms with Gasteiger partial charge in [0.1, 0.15) is 0 Å². The van der Waals surface area contributed by atoms with Gasteiger partial charge in [-0.05, 0) is 6.92 Å². The van der Waals surface area contributed by atoms with E-state index < -0.39 is 11.2 Å². The predicted molar refractivity (Wildman–Crippen MR) is 55.7 cm³/mol. The van der Waals surface area contributed by atoms with Crippen molar-refractivity contribution in [2.75, 3.05) is 0 Å². The van der Waals surface area contributed by atoms with E-state index in [1.165, 1.54) is 0 Å². The minimum absolute atomic E-state index is 0.217. The van der Waals surface area contributed by atoms with Crippen molar-refractivity contribution < 1.29 is 0 Å². The van der Waals surface area contributed by atoms with Gasteiger partial charge in [-0.1, -0.05) is 29.8 Å². The first-order valence-corrected chi connectivity index (χ1v) is 4.43. The molecule has 0 saturated carbocycles. The van der Waals surface area contributed by atoms with Gasteiger partial charge in [-0.25, -0.2) is 9.89 Å². The van der Waals surface area contributed by atoms with Crippen molar-refractivity contribution in [3.63, 3.8) is 0 Å². The Balaban J connectivity index is 2.59. The minimum atomic E-state index is -0.601. The van der Waals surface area contributed by atoms with Gasteiger partial charge in [0, 0.05) is 5.56 Å². The number of aryl methyl sites for hydroxylation is 1. The summed E-state index contributed by atoms with van der Waals surface area (Å²) in [7, 11) is 0. The molecule has 0 aliphatic carbocycles. The maximum absolute atomic E-state index is 11.4. The van der Waals surface area contributed by atoms with Crippen molar-refractivity contribution in [3.05, 3.63) is 50.7 Å². The quantitative estimate of drug-likeness (QED) is 0.705. The van der Waals surface area contributed by atoms with Crippen LogP contribution in [0, 0.1) is 6.92 Å². The van der Waals surface area contributed by atoms with Gasteiger partial charge < -0.3 is 0 Å². The molecule has 0 amide bonds. The fraction of sp³-hybridized carbons (Fsp3) is 0.100. The number of aromatic amines is 2. The number of H-pyrrole nitrogens is 2. The lowest BCUT2D eigenvalue weighted by Crippen LogP contribution is -2.25. The molecule has 1 heterocycles. The number of nitrogens with one attached hydrogen (secondary N) is 2. The molecular weight excluding hydrogens is 194 g/mol. The van der Waals surface area contributed by atoms with E-state index in [0.717, 1.165) is 5.56 Å². The monoisotopic (exact) mass is 203 g/mol. The molecule has 0 atom stereocenters. The first kappa shape index (κ1) is 9.39. The molecule has 5 heteroatoms. The highest BCUT2D eigenvalue weighted by molar-refractivity contribution is 5.57. The van der Waals surface area contributed by atoms with Crippen LogP contribution in [0.3, 0.4) is 0 Å². The molecule has 0 aliphatic heterocycles. The van der Waals surface area contributed by atoms with E-state index in [2.05, 4.69) is 15.2 Å². The number of benzene rings is 1. The molecule has 0 unspecified atom stereocenters. The van der Waals surface area contributed by atoms with Gasteiger partial charge in [-0.15, -0.1) is 0 Å². The second-order valence-electron chi connectivity index (χ2n) is 3.22. The SMILES string of the molecule is Cc1ccc(-c2n[nH]c(=O)[nH]c2=O)cc1. The average molecular weight is 203 g/mol. The molecule has 2 aromatic rings. The van der Waals surface area contributed by atoms with Crippen LogP contribution in [0.5, 0.6) is 0 Å². The lowest BCUT2D eigenvalue weighted by Gasteiger charge is -1.98. The second kappa shape index (κ2) is 3.53. The van der Waals surface area contributed by atoms with Crippen LogP contribution in [-0.2, 0) is 0 Å². The normalized spacial score (nSPS) is 10.2. The van der Waals surface area contributed by atoms with E-state index in [1.54, 1.807) is 12.1 Å². The Hall–Kier alpha value is -2.17. The van der Waals surface area contributed by atoms with Crippen LogP contribution in [0.1, 0.15) is 5.56 Å². The Bertz CT molecular complexity index is 581. The van der Waals surface area contributed by atoms with Gasteiger partial charge in [-0.2, -0.15) is 5.10 Å². The van der Waals surface area contributed by atoms with Gasteiger partial charge in [0.25, 0.3) is 5.56 Å². The van der Waals surface area contributed by atoms with Crippen molar-refractivity contribution in [1.82, 2.24) is 15.2 Å². The number of rotatable bonds is 1. The van der Waals surface area contributed by atoms with Crippen LogP contribution in [-0.4, -0.2) is 15.2 Å². The minimum Gasteiger partial charge on any atom is -0.271 e. The van der Waals surface area contributed by atoms with E-state index in [-0.39, 0.29) is 5.69 Å². The van der Waals surface area contributed by atoms with E-state index in [4.69, 9.17) is 0 Å². The summed E-state index contributed by atoms with van der Waals surface area (Å²) in [6.07, 6.45) is 0. The van der Waals surface area contributed by atoms with E-state index in [0.29, 0.717) is 5.56 Å². The Kier molecular flexibility index (Phi) is 2.21. The molecule has 2 N–H and O–H groups in total. The highest BCUT2D eigenvalue weighted by Crippen LogP contribution is 2.11. The van der Waals surface area contributed by atoms with Crippen molar-refractivity contribution in [3.8, 4) is 11.3 Å². The number of aromatic nitrogens is 3. The molecular formula is C10H9N3O2. The van der Waals surface area contributed by atoms with Crippen molar-refractivity contribution in [2.45, 2.75) is 6.92 Å². The standard InChI is InChI=1S/C10H9N3O2/c1-6-2-4-7(5-3-6)8-9(14)11-10(15)13-12-8/h2-5H,1H3,(H2,11,13,14,15). The molecule has 1 aromatic heterocycles. The molecule has 0 bridgehead atoms. The Morgan fingerprint density at radius 3 is 2.40 bits per heavy atom. The number of nitrogens with zero attached hydrogens (tertiary/aromatic N) is 1. The third-order valence-electron chi connectivity index (χ3n) is 2.04. The van der Waals surface area contributed by atoms with Crippen LogP contribution < -0.4 is 11.2 Å². The zero-order valence-corrected chi connectivity index (χ0v) is 8.07. The summed E-state index contributed by atoms with van der Waals surface area (Å²) in [5.74, 6) is 0. The van der Waals surface area contributed by atoms with Crippen LogP contribution in [0.4, 0.5) is 0 Å². The largest absolute Gasteiger partial charge is 0.342 e. The van der Waals surface area contributed by atoms with E-state index in [1.807, 2.05) is 19.1 Å². The first-order chi connectivity index (χ1) is 7.16. The Labute approximate surface area is 84.8 Å². The van der Waals surface area contributed by atoms with Gasteiger partial charge in [0.15, 0.2) is 5.69 Å². The fourth-order valence-corrected chi connectivity index (χ4v) is 1.25. The molecule has 0 aliphatic rings. The van der Waals surface area contributed by atoms with Gasteiger partial charge in [0.2, 0.25) is 0 Å². The third kappa shape index (κ3) is 1.85. The van der Waals surface area contributed by atoms with E-state index >= 15 is 0 Å². The molecule has 76 valence electrons. The van der Waals surface area contributed by atoms with E-state index in [9.17, 15) is 9.59 Å². The van der Waals surface area contributed by atoms with Crippen molar-refractivity contribution >= 4 is 0 Å². The first-order valence-electron chi connectivity index (χ1n) is 4.43. The van der Waals surface area contributed by atoms with Crippen molar-refractivity contribution in [1.29, 1.82) is 0 Å². The molecule has 5 nitrogen and oxygen atoms in total. The zero-order valence-electron chi connectivity index (χ0n) is 8.07. The zero-order chi connectivity index (χ0) is 10.8. The summed E-state index contributed by atoms with van der Waals surface area (Å²) >= 11 is 0. The van der Waals surface area contributed by atoms with Crippen LogP contribution in [0.25, 0.3) is 11.3 Å². The fourth-order valence-electron chi connectivity index (χ4n) is 1.25. The maximum atomic E-state index is 11.4. The Morgan fingerprint density at radius 1 is 1.13 bits per heavy atom. The van der Waals surface area contributed by atoms with Crippen LogP contribution in [0.15, 0.2) is 33.9 Å². The summed E-state index contributed by atoms with van der Waals surface area (Å²) in [5, 5.41) is 5.89. The van der Waals surface area contributed by atoms with Gasteiger partial charge in [-0.3, -0.25) is 9.78 Å². The highest BCUT2D eigenvalue weighted by Gasteiger charge is 2.04. The smallest absolute Gasteiger partial charge is 0.271 e. The summed E-state index contributed by atoms with van der Waals surface area (Å²) < 4.78 is 0. The second-order valence-corrected chi connectivity index (χ2v) is 3.22. The maximum Gasteiger partial charge on any atom is 0.342 e.